The molecule has 0 unspecified atom stereocenters. The first kappa shape index (κ1) is 47.5. The van der Waals surface area contributed by atoms with Gasteiger partial charge in [-0.1, -0.05) is 127 Å². The number of nitriles is 1. The number of hydrogen-bond acceptors (Lipinski definition) is 10. The van der Waals surface area contributed by atoms with Crippen LogP contribution in [0.1, 0.15) is 28.9 Å². The van der Waals surface area contributed by atoms with Crippen LogP contribution in [0.3, 0.4) is 0 Å². The highest BCUT2D eigenvalue weighted by Crippen LogP contribution is 2.45. The second-order valence-corrected chi connectivity index (χ2v) is 19.8. The number of fused-ring (bicyclic) bond motifs is 6. The quantitative estimate of drug-likeness (QED) is 0.137. The van der Waals surface area contributed by atoms with Crippen LogP contribution in [0.5, 0.6) is 0 Å². The van der Waals surface area contributed by atoms with E-state index in [4.69, 9.17) is 34.9 Å². The number of hydrogen-bond donors (Lipinski definition) is 0. The van der Waals surface area contributed by atoms with Gasteiger partial charge in [-0.05, 0) is 118 Å². The number of benzene rings is 9. The Balaban J connectivity index is 1.08. The van der Waals surface area contributed by atoms with Gasteiger partial charge in [-0.15, -0.1) is 0 Å². The molecule has 0 spiro atoms. The number of aromatic nitrogens is 11. The Morgan fingerprint density at radius 3 is 1.24 bits per heavy atom. The average molecular weight is 1030 g/mol. The third kappa shape index (κ3) is 8.29. The summed E-state index contributed by atoms with van der Waals surface area (Å²) in [5, 5.41) is 14.8. The first-order valence-electron chi connectivity index (χ1n) is 26.3. The lowest BCUT2D eigenvalue weighted by molar-refractivity contribution is 0.928. The first-order valence-corrected chi connectivity index (χ1v) is 26.3. The van der Waals surface area contributed by atoms with Crippen molar-refractivity contribution in [1.29, 1.82) is 5.26 Å². The van der Waals surface area contributed by atoms with E-state index in [1.54, 1.807) is 0 Å². The molecular weight excluding hydrogens is 985 g/mol. The van der Waals surface area contributed by atoms with Gasteiger partial charge in [0.2, 0.25) is 0 Å². The van der Waals surface area contributed by atoms with Crippen molar-refractivity contribution in [2.75, 3.05) is 0 Å². The van der Waals surface area contributed by atoms with Gasteiger partial charge in [-0.25, -0.2) is 44.9 Å². The van der Waals surface area contributed by atoms with E-state index in [2.05, 4.69) is 146 Å². The largest absolute Gasteiger partial charge is 0.309 e. The zero-order valence-corrected chi connectivity index (χ0v) is 44.0. The highest BCUT2D eigenvalue weighted by atomic mass is 15.1. The van der Waals surface area contributed by atoms with E-state index in [1.165, 1.54) is 0 Å². The zero-order valence-electron chi connectivity index (χ0n) is 44.0. The van der Waals surface area contributed by atoms with Crippen LogP contribution < -0.4 is 0 Å². The molecule has 0 aliphatic carbocycles. The molecule has 12 nitrogen and oxygen atoms in total. The topological polar surface area (TPSA) is 150 Å². The fourth-order valence-electron chi connectivity index (χ4n) is 11.2. The van der Waals surface area contributed by atoms with E-state index in [0.29, 0.717) is 58.0 Å². The second-order valence-electron chi connectivity index (χ2n) is 19.8. The van der Waals surface area contributed by atoms with Crippen molar-refractivity contribution in [2.24, 2.45) is 0 Å². The van der Waals surface area contributed by atoms with E-state index in [0.717, 1.165) is 105 Å². The molecule has 0 bridgehead atoms. The van der Waals surface area contributed by atoms with Gasteiger partial charge in [0.1, 0.15) is 23.3 Å². The van der Waals surface area contributed by atoms with Gasteiger partial charge >= 0.3 is 0 Å². The minimum atomic E-state index is 0.523. The number of rotatable bonds is 9. The SMILES string of the molecule is Cc1nc(C)nc(-c2ccc3c(c2)c2ccccc2n3-c2ccc(-c3nc(-c4ccccc4)nc(-c4ccccc4)n3)cc2-c2ccc(-c3ccccc3C#N)cc2-n2c3ccccc3c3cc(-c4nc(C)nc(C)n4)ccc32)n1. The van der Waals surface area contributed by atoms with Gasteiger partial charge in [-0.3, -0.25) is 0 Å². The molecule has 12 heteroatoms. The van der Waals surface area contributed by atoms with Crippen molar-refractivity contribution >= 4 is 43.6 Å². The predicted octanol–water partition coefficient (Wildman–Crippen LogP) is 15.2. The highest BCUT2D eigenvalue weighted by Gasteiger charge is 2.24. The summed E-state index contributed by atoms with van der Waals surface area (Å²) in [6.45, 7) is 7.58. The number of aryl methyl sites for hydroxylation is 4. The Morgan fingerprint density at radius 1 is 0.287 bits per heavy atom. The normalized spacial score (nSPS) is 11.5. The van der Waals surface area contributed by atoms with Crippen LogP contribution in [0.15, 0.2) is 206 Å². The molecule has 0 aliphatic rings. The van der Waals surface area contributed by atoms with Gasteiger partial charge in [0, 0.05) is 60.5 Å². The summed E-state index contributed by atoms with van der Waals surface area (Å²) < 4.78 is 4.71. The van der Waals surface area contributed by atoms with Gasteiger partial charge in [0.25, 0.3) is 0 Å². The lowest BCUT2D eigenvalue weighted by atomic mass is 9.93. The predicted molar refractivity (Wildman–Crippen MR) is 317 cm³/mol. The molecule has 5 aromatic heterocycles. The molecule has 0 aliphatic heterocycles. The maximum absolute atomic E-state index is 10.5. The van der Waals surface area contributed by atoms with Crippen LogP contribution in [0.2, 0.25) is 0 Å². The smallest absolute Gasteiger partial charge is 0.164 e. The third-order valence-corrected chi connectivity index (χ3v) is 14.7. The van der Waals surface area contributed by atoms with Crippen molar-refractivity contribution < 1.29 is 0 Å². The van der Waals surface area contributed by atoms with Crippen molar-refractivity contribution in [3.8, 4) is 96.6 Å². The maximum Gasteiger partial charge on any atom is 0.164 e. The summed E-state index contributed by atoms with van der Waals surface area (Å²) >= 11 is 0. The standard InChI is InChI=1S/C68H46N12/c1-40-70-41(2)73-66(72-40)47-28-32-60-55(35-47)52-23-13-15-25-58(52)79(60)61-33-30-49(68-77-64(44-17-7-5-8-18-44)76-65(78-68)45-19-9-6-10-20-45)37-57(61)54-31-27-46(51-22-12-11-21-50(51)39-69)38-63(54)80-59-26-16-14-24-53(59)56-36-48(29-34-62(56)80)67-74-42(3)71-43(4)75-67/h5-38H,1-4H3. The molecule has 80 heavy (non-hydrogen) atoms. The zero-order chi connectivity index (χ0) is 54.0. The minimum Gasteiger partial charge on any atom is -0.309 e. The van der Waals surface area contributed by atoms with Crippen LogP contribution in [0.25, 0.3) is 134 Å². The summed E-state index contributed by atoms with van der Waals surface area (Å²) in [7, 11) is 0. The van der Waals surface area contributed by atoms with Crippen molar-refractivity contribution in [3.63, 3.8) is 0 Å². The monoisotopic (exact) mass is 1030 g/mol. The molecule has 14 rings (SSSR count). The van der Waals surface area contributed by atoms with Crippen LogP contribution in [0.4, 0.5) is 0 Å². The van der Waals surface area contributed by atoms with E-state index >= 15 is 0 Å². The molecule has 0 N–H and O–H groups in total. The van der Waals surface area contributed by atoms with Gasteiger partial charge in [0.05, 0.1) is 45.1 Å². The molecule has 9 aromatic carbocycles. The molecule has 14 aromatic rings. The summed E-state index contributed by atoms with van der Waals surface area (Å²) in [5.74, 6) is 5.55. The van der Waals surface area contributed by atoms with Crippen molar-refractivity contribution in [2.45, 2.75) is 27.7 Å². The molecule has 5 heterocycles. The number of nitrogens with zero attached hydrogens (tertiary/aromatic N) is 12. The first-order chi connectivity index (χ1) is 39.2. The van der Waals surface area contributed by atoms with E-state index in [1.807, 2.05) is 113 Å². The molecule has 0 amide bonds. The highest BCUT2D eigenvalue weighted by molar-refractivity contribution is 6.13. The maximum atomic E-state index is 10.5. The molecule has 0 saturated carbocycles. The minimum absolute atomic E-state index is 0.523. The Bertz CT molecular complexity index is 4740. The van der Waals surface area contributed by atoms with Crippen molar-refractivity contribution in [3.05, 3.63) is 235 Å². The summed E-state index contributed by atoms with van der Waals surface area (Å²) in [4.78, 5) is 43.6. The Kier molecular flexibility index (Phi) is 11.5. The van der Waals surface area contributed by atoms with Gasteiger partial charge < -0.3 is 9.13 Å². The molecule has 378 valence electrons. The molecule has 0 atom stereocenters. The summed E-state index contributed by atoms with van der Waals surface area (Å²) in [6, 6.07) is 73.3. The lowest BCUT2D eigenvalue weighted by Gasteiger charge is -2.21. The van der Waals surface area contributed by atoms with Crippen LogP contribution in [-0.4, -0.2) is 54.0 Å². The van der Waals surface area contributed by atoms with Crippen LogP contribution in [0, 0.1) is 39.0 Å². The summed E-state index contributed by atoms with van der Waals surface area (Å²) in [6.07, 6.45) is 0. The average Bonchev–Trinajstić information content (AvgIpc) is 4.14. The van der Waals surface area contributed by atoms with Crippen LogP contribution >= 0.6 is 0 Å². The van der Waals surface area contributed by atoms with Gasteiger partial charge in [-0.2, -0.15) is 5.26 Å². The third-order valence-electron chi connectivity index (χ3n) is 14.7. The van der Waals surface area contributed by atoms with Gasteiger partial charge in [0.15, 0.2) is 29.1 Å². The number of para-hydroxylation sites is 2. The Morgan fingerprint density at radius 2 is 0.700 bits per heavy atom. The molecule has 0 fully saturated rings. The fourth-order valence-corrected chi connectivity index (χ4v) is 11.2. The summed E-state index contributed by atoms with van der Waals surface area (Å²) in [5.41, 5.74) is 14.3. The molecular formula is C68H46N12. The van der Waals surface area contributed by atoms with E-state index < -0.39 is 0 Å². The second kappa shape index (κ2) is 19.3. The fraction of sp³-hybridized carbons (Fsp3) is 0.0588. The van der Waals surface area contributed by atoms with Crippen molar-refractivity contribution in [1.82, 2.24) is 54.0 Å². The molecule has 0 radical (unpaired) electrons. The Labute approximate surface area is 460 Å². The van der Waals surface area contributed by atoms with E-state index in [9.17, 15) is 5.26 Å². The van der Waals surface area contributed by atoms with E-state index in [-0.39, 0.29) is 0 Å². The lowest BCUT2D eigenvalue weighted by Crippen LogP contribution is -2.04. The van der Waals surface area contributed by atoms with Crippen LogP contribution in [-0.2, 0) is 0 Å². The molecule has 0 saturated heterocycles. The Hall–Kier alpha value is -10.9.